The number of carbonyl (C=O) groups excluding carboxylic acids is 2. The van der Waals surface area contributed by atoms with Crippen LogP contribution in [0, 0.1) is 0 Å². The van der Waals surface area contributed by atoms with Crippen molar-refractivity contribution in [3.8, 4) is 57.1 Å². The van der Waals surface area contributed by atoms with Crippen molar-refractivity contribution < 1.29 is 50.4 Å². The summed E-state index contributed by atoms with van der Waals surface area (Å²) in [6, 6.07) is 12.2. The van der Waals surface area contributed by atoms with Crippen LogP contribution in [0.5, 0.6) is 46.0 Å². The number of rotatable bonds is 7. The van der Waals surface area contributed by atoms with E-state index in [-0.39, 0.29) is 22.6 Å². The summed E-state index contributed by atoms with van der Waals surface area (Å²) in [5.74, 6) is -5.19. The summed E-state index contributed by atoms with van der Waals surface area (Å²) < 4.78 is 0. The first-order valence-electron chi connectivity index (χ1n) is 11.6. The molecule has 0 fully saturated rings. The SMILES string of the molecule is O=C(/C=C/c1ccc(O)c(-c2cc(/C=C/C(=O)c3c(O)cc(O)cc3O)ccc2O)c1)c1c(O)cc(O)cc1O. The van der Waals surface area contributed by atoms with E-state index in [1.807, 2.05) is 0 Å². The van der Waals surface area contributed by atoms with E-state index in [2.05, 4.69) is 0 Å². The van der Waals surface area contributed by atoms with Crippen LogP contribution in [0.15, 0.2) is 72.8 Å². The lowest BCUT2D eigenvalue weighted by Crippen LogP contribution is -1.96. The number of allylic oxidation sites excluding steroid dienone is 2. The Morgan fingerprint density at radius 1 is 0.450 bits per heavy atom. The van der Waals surface area contributed by atoms with Crippen LogP contribution in [0.4, 0.5) is 0 Å². The summed E-state index contributed by atoms with van der Waals surface area (Å²) >= 11 is 0. The molecule has 0 bridgehead atoms. The lowest BCUT2D eigenvalue weighted by molar-refractivity contribution is 0.103. The first-order chi connectivity index (χ1) is 18.9. The number of hydrogen-bond acceptors (Lipinski definition) is 10. The standard InChI is InChI=1S/C30H22O10/c31-17-11-25(37)29(26(38)12-17)23(35)7-3-15-1-5-21(33)19(9-15)20-10-16(2-6-22(20)34)4-8-24(36)30-27(39)13-18(32)14-28(30)40/h1-14,31-34,37-40H/b7-3+,8-4+. The summed E-state index contributed by atoms with van der Waals surface area (Å²) in [6.45, 7) is 0. The van der Waals surface area contributed by atoms with Crippen molar-refractivity contribution in [2.45, 2.75) is 0 Å². The molecule has 0 atom stereocenters. The predicted molar refractivity (Wildman–Crippen MR) is 145 cm³/mol. The van der Waals surface area contributed by atoms with E-state index in [0.29, 0.717) is 11.1 Å². The molecule has 0 aliphatic heterocycles. The lowest BCUT2D eigenvalue weighted by atomic mass is 9.98. The zero-order valence-electron chi connectivity index (χ0n) is 20.5. The average Bonchev–Trinajstić information content (AvgIpc) is 2.86. The molecule has 0 aromatic heterocycles. The molecule has 0 amide bonds. The van der Waals surface area contributed by atoms with Crippen LogP contribution in [0.25, 0.3) is 23.3 Å². The highest BCUT2D eigenvalue weighted by Gasteiger charge is 2.17. The van der Waals surface area contributed by atoms with Crippen molar-refractivity contribution in [1.29, 1.82) is 0 Å². The molecule has 40 heavy (non-hydrogen) atoms. The Balaban J connectivity index is 1.63. The Kier molecular flexibility index (Phi) is 7.35. The molecule has 10 nitrogen and oxygen atoms in total. The van der Waals surface area contributed by atoms with E-state index in [0.717, 1.165) is 36.4 Å². The van der Waals surface area contributed by atoms with Crippen LogP contribution in [0.3, 0.4) is 0 Å². The Labute approximate surface area is 226 Å². The molecule has 4 aromatic rings. The fraction of sp³-hybridized carbons (Fsp3) is 0. The second-order valence-electron chi connectivity index (χ2n) is 8.67. The minimum absolute atomic E-state index is 0.179. The highest BCUT2D eigenvalue weighted by molar-refractivity contribution is 6.11. The van der Waals surface area contributed by atoms with Gasteiger partial charge in [-0.15, -0.1) is 0 Å². The molecule has 10 heteroatoms. The van der Waals surface area contributed by atoms with E-state index in [1.54, 1.807) is 0 Å². The summed E-state index contributed by atoms with van der Waals surface area (Å²) in [4.78, 5) is 25.0. The highest BCUT2D eigenvalue weighted by Crippen LogP contribution is 2.38. The van der Waals surface area contributed by atoms with Crippen LogP contribution in [0.1, 0.15) is 31.8 Å². The van der Waals surface area contributed by atoms with Crippen molar-refractivity contribution in [3.05, 3.63) is 95.1 Å². The number of aromatic hydroxyl groups is 8. The first-order valence-corrected chi connectivity index (χ1v) is 11.6. The van der Waals surface area contributed by atoms with Crippen molar-refractivity contribution in [2.75, 3.05) is 0 Å². The fourth-order valence-corrected chi connectivity index (χ4v) is 3.96. The van der Waals surface area contributed by atoms with Gasteiger partial charge in [-0.25, -0.2) is 0 Å². The normalized spacial score (nSPS) is 11.3. The highest BCUT2D eigenvalue weighted by atomic mass is 16.3. The molecular formula is C30H22O10. The summed E-state index contributed by atoms with van der Waals surface area (Å²) in [6.07, 6.45) is 4.85. The maximum absolute atomic E-state index is 12.5. The van der Waals surface area contributed by atoms with Crippen molar-refractivity contribution in [3.63, 3.8) is 0 Å². The van der Waals surface area contributed by atoms with Crippen LogP contribution < -0.4 is 0 Å². The summed E-state index contributed by atoms with van der Waals surface area (Å²) in [5, 5.41) is 79.4. The predicted octanol–water partition coefficient (Wildman–Crippen LogP) is 4.79. The maximum atomic E-state index is 12.5. The van der Waals surface area contributed by atoms with Gasteiger partial charge in [0.1, 0.15) is 57.1 Å². The van der Waals surface area contributed by atoms with E-state index in [1.165, 1.54) is 48.6 Å². The fourth-order valence-electron chi connectivity index (χ4n) is 3.96. The molecule has 0 saturated carbocycles. The number of phenols is 8. The third kappa shape index (κ3) is 5.65. The maximum Gasteiger partial charge on any atom is 0.193 e. The van der Waals surface area contributed by atoms with Gasteiger partial charge in [0.25, 0.3) is 0 Å². The number of hydrogen-bond donors (Lipinski definition) is 8. The van der Waals surface area contributed by atoms with Crippen molar-refractivity contribution in [1.82, 2.24) is 0 Å². The molecule has 0 aliphatic rings. The second-order valence-corrected chi connectivity index (χ2v) is 8.67. The van der Waals surface area contributed by atoms with Crippen LogP contribution >= 0.6 is 0 Å². The number of carbonyl (C=O) groups is 2. The van der Waals surface area contributed by atoms with Crippen LogP contribution in [-0.2, 0) is 0 Å². The van der Waals surface area contributed by atoms with Gasteiger partial charge in [0.05, 0.1) is 0 Å². The Morgan fingerprint density at radius 3 is 1.10 bits per heavy atom. The average molecular weight is 542 g/mol. The van der Waals surface area contributed by atoms with E-state index < -0.39 is 57.2 Å². The third-order valence-corrected chi connectivity index (χ3v) is 5.84. The molecular weight excluding hydrogens is 520 g/mol. The first kappa shape index (κ1) is 27.1. The zero-order valence-corrected chi connectivity index (χ0v) is 20.5. The Hall–Kier alpha value is -5.90. The van der Waals surface area contributed by atoms with Gasteiger partial charge in [0.2, 0.25) is 0 Å². The van der Waals surface area contributed by atoms with Gasteiger partial charge in [-0.3, -0.25) is 9.59 Å². The van der Waals surface area contributed by atoms with Gasteiger partial charge in [-0.2, -0.15) is 0 Å². The second kappa shape index (κ2) is 10.8. The van der Waals surface area contributed by atoms with Crippen LogP contribution in [-0.4, -0.2) is 52.4 Å². The van der Waals surface area contributed by atoms with Gasteiger partial charge < -0.3 is 40.9 Å². The molecule has 0 spiro atoms. The van der Waals surface area contributed by atoms with Gasteiger partial charge >= 0.3 is 0 Å². The monoisotopic (exact) mass is 542 g/mol. The largest absolute Gasteiger partial charge is 0.508 e. The number of phenolic OH excluding ortho intramolecular Hbond substituents is 8. The zero-order chi connectivity index (χ0) is 29.1. The minimum atomic E-state index is -0.755. The Morgan fingerprint density at radius 2 is 0.775 bits per heavy atom. The Bertz CT molecular complexity index is 1540. The number of benzene rings is 4. The minimum Gasteiger partial charge on any atom is -0.508 e. The quantitative estimate of drug-likeness (QED) is 0.119. The topological polar surface area (TPSA) is 196 Å². The van der Waals surface area contributed by atoms with E-state index >= 15 is 0 Å². The molecule has 0 aliphatic carbocycles. The molecule has 8 N–H and O–H groups in total. The number of ketones is 2. The molecule has 0 unspecified atom stereocenters. The van der Waals surface area contributed by atoms with E-state index in [9.17, 15) is 50.4 Å². The molecule has 4 aromatic carbocycles. The smallest absolute Gasteiger partial charge is 0.193 e. The summed E-state index contributed by atoms with van der Waals surface area (Å²) in [7, 11) is 0. The molecule has 0 saturated heterocycles. The molecule has 4 rings (SSSR count). The van der Waals surface area contributed by atoms with Gasteiger partial charge in [-0.05, 0) is 47.5 Å². The van der Waals surface area contributed by atoms with Gasteiger partial charge in [0, 0.05) is 35.4 Å². The van der Waals surface area contributed by atoms with E-state index in [4.69, 9.17) is 0 Å². The van der Waals surface area contributed by atoms with Gasteiger partial charge in [0.15, 0.2) is 11.6 Å². The molecule has 202 valence electrons. The lowest BCUT2D eigenvalue weighted by Gasteiger charge is -2.10. The third-order valence-electron chi connectivity index (χ3n) is 5.84. The van der Waals surface area contributed by atoms with Crippen LogP contribution in [0.2, 0.25) is 0 Å². The van der Waals surface area contributed by atoms with Gasteiger partial charge in [-0.1, -0.05) is 24.3 Å². The van der Waals surface area contributed by atoms with Crippen molar-refractivity contribution in [2.24, 2.45) is 0 Å². The molecule has 0 heterocycles. The van der Waals surface area contributed by atoms with Crippen molar-refractivity contribution >= 4 is 23.7 Å². The molecule has 0 radical (unpaired) electrons. The summed E-state index contributed by atoms with van der Waals surface area (Å²) in [5.41, 5.74) is 0.360.